The highest BCUT2D eigenvalue weighted by Gasteiger charge is 2.30. The van der Waals surface area contributed by atoms with Crippen LogP contribution in [0, 0.1) is 6.92 Å². The lowest BCUT2D eigenvalue weighted by molar-refractivity contribution is 0.463. The molecule has 25 heavy (non-hydrogen) atoms. The zero-order chi connectivity index (χ0) is 16.8. The van der Waals surface area contributed by atoms with Crippen molar-refractivity contribution in [3.8, 4) is 22.6 Å². The fraction of sp³-hybridized carbons (Fsp3) is 0.100. The summed E-state index contributed by atoms with van der Waals surface area (Å²) in [6.07, 6.45) is 1.63. The lowest BCUT2D eigenvalue weighted by Crippen LogP contribution is -1.91. The number of hydrogen-bond acceptors (Lipinski definition) is 5. The van der Waals surface area contributed by atoms with Crippen molar-refractivity contribution in [2.75, 3.05) is 0 Å². The number of furan rings is 1. The summed E-state index contributed by atoms with van der Waals surface area (Å²) in [5.74, 6) is 1.27. The third-order valence-corrected chi connectivity index (χ3v) is 5.60. The topological polar surface area (TPSA) is 52.1 Å². The van der Waals surface area contributed by atoms with Crippen LogP contribution in [0.5, 0.6) is 0 Å². The first-order valence-corrected chi connectivity index (χ1v) is 8.92. The molecule has 5 heteroatoms. The zero-order valence-electron chi connectivity index (χ0n) is 13.5. The van der Waals surface area contributed by atoms with Gasteiger partial charge in [0.1, 0.15) is 5.76 Å². The first-order valence-electron chi connectivity index (χ1n) is 8.04. The molecule has 2 heterocycles. The molecule has 0 unspecified atom stereocenters. The minimum Gasteiger partial charge on any atom is -0.469 e. The second-order valence-electron chi connectivity index (χ2n) is 5.94. The number of benzene rings is 2. The number of hydrogen-bond donors (Lipinski definition) is 0. The van der Waals surface area contributed by atoms with E-state index in [2.05, 4.69) is 58.7 Å². The van der Waals surface area contributed by atoms with Gasteiger partial charge in [0, 0.05) is 0 Å². The van der Waals surface area contributed by atoms with Crippen molar-refractivity contribution in [2.45, 2.75) is 17.4 Å². The maximum Gasteiger partial charge on any atom is 0.277 e. The van der Waals surface area contributed by atoms with Gasteiger partial charge in [-0.1, -0.05) is 60.3 Å². The monoisotopic (exact) mass is 346 g/mol. The van der Waals surface area contributed by atoms with E-state index in [1.54, 1.807) is 18.0 Å². The summed E-state index contributed by atoms with van der Waals surface area (Å²) < 4.78 is 11.2. The first kappa shape index (κ1) is 14.5. The van der Waals surface area contributed by atoms with Gasteiger partial charge in [0.25, 0.3) is 11.1 Å². The number of aromatic nitrogens is 2. The van der Waals surface area contributed by atoms with E-state index in [9.17, 15) is 0 Å². The van der Waals surface area contributed by atoms with Gasteiger partial charge in [0.05, 0.1) is 17.1 Å². The van der Waals surface area contributed by atoms with Crippen molar-refractivity contribution >= 4 is 11.8 Å². The molecule has 0 N–H and O–H groups in total. The molecule has 5 rings (SSSR count). The maximum absolute atomic E-state index is 5.88. The van der Waals surface area contributed by atoms with Crippen LogP contribution in [0.4, 0.5) is 0 Å². The Kier molecular flexibility index (Phi) is 3.28. The van der Waals surface area contributed by atoms with Crippen LogP contribution >= 0.6 is 11.8 Å². The summed E-state index contributed by atoms with van der Waals surface area (Å²) in [7, 11) is 0. The molecule has 0 amide bonds. The summed E-state index contributed by atoms with van der Waals surface area (Å²) in [6.45, 7) is 1.88. The standard InChI is InChI=1S/C20H14N2O2S/c1-12-13(10-11-23-12)19-21-22-20(24-19)25-18-16-8-4-2-6-14(16)15-7-3-5-9-17(15)18/h2-11,18H,1H3. The van der Waals surface area contributed by atoms with E-state index in [0.29, 0.717) is 11.1 Å². The van der Waals surface area contributed by atoms with E-state index < -0.39 is 0 Å². The Morgan fingerprint density at radius 2 is 1.52 bits per heavy atom. The van der Waals surface area contributed by atoms with Crippen LogP contribution in [-0.2, 0) is 0 Å². The highest BCUT2D eigenvalue weighted by molar-refractivity contribution is 7.99. The molecule has 0 atom stereocenters. The predicted molar refractivity (Wildman–Crippen MR) is 96.3 cm³/mol. The van der Waals surface area contributed by atoms with Gasteiger partial charge in [-0.05, 0) is 35.2 Å². The number of nitrogens with zero attached hydrogens (tertiary/aromatic N) is 2. The highest BCUT2D eigenvalue weighted by atomic mass is 32.2. The molecule has 1 aliphatic rings. The van der Waals surface area contributed by atoms with Crippen molar-refractivity contribution in [1.82, 2.24) is 10.2 Å². The summed E-state index contributed by atoms with van der Waals surface area (Å²) >= 11 is 1.59. The number of aryl methyl sites for hydroxylation is 1. The first-order chi connectivity index (χ1) is 12.3. The Morgan fingerprint density at radius 3 is 2.16 bits per heavy atom. The van der Waals surface area contributed by atoms with Gasteiger partial charge >= 0.3 is 0 Å². The third-order valence-electron chi connectivity index (χ3n) is 4.49. The van der Waals surface area contributed by atoms with Crippen molar-refractivity contribution in [3.05, 3.63) is 77.7 Å². The van der Waals surface area contributed by atoms with E-state index in [1.165, 1.54) is 22.3 Å². The predicted octanol–water partition coefficient (Wildman–Crippen LogP) is 5.50. The Balaban J connectivity index is 1.53. The van der Waals surface area contributed by atoms with E-state index in [0.717, 1.165) is 11.3 Å². The molecule has 0 saturated heterocycles. The number of fused-ring (bicyclic) bond motifs is 3. The minimum atomic E-state index is 0.158. The van der Waals surface area contributed by atoms with Crippen LogP contribution in [0.3, 0.4) is 0 Å². The lowest BCUT2D eigenvalue weighted by Gasteiger charge is -2.09. The van der Waals surface area contributed by atoms with Crippen LogP contribution < -0.4 is 0 Å². The Bertz CT molecular complexity index is 1020. The summed E-state index contributed by atoms with van der Waals surface area (Å²) in [4.78, 5) is 0. The van der Waals surface area contributed by atoms with Gasteiger partial charge in [0.15, 0.2) is 0 Å². The van der Waals surface area contributed by atoms with E-state index in [4.69, 9.17) is 8.83 Å². The third kappa shape index (κ3) is 2.31. The number of rotatable bonds is 3. The van der Waals surface area contributed by atoms with Gasteiger partial charge in [-0.15, -0.1) is 10.2 Å². The molecule has 0 radical (unpaired) electrons. The van der Waals surface area contributed by atoms with E-state index in [1.807, 2.05) is 13.0 Å². The molecule has 1 aliphatic carbocycles. The molecule has 0 bridgehead atoms. The van der Waals surface area contributed by atoms with E-state index >= 15 is 0 Å². The molecule has 0 saturated carbocycles. The second-order valence-corrected chi connectivity index (χ2v) is 6.99. The average Bonchev–Trinajstić information content (AvgIpc) is 3.34. The SMILES string of the molecule is Cc1occc1-c1nnc(SC2c3ccccc3-c3ccccc32)o1. The highest BCUT2D eigenvalue weighted by Crippen LogP contribution is 2.51. The Labute approximate surface area is 148 Å². The molecule has 2 aromatic heterocycles. The molecule has 0 aliphatic heterocycles. The summed E-state index contributed by atoms with van der Waals surface area (Å²) in [5, 5.41) is 9.12. The van der Waals surface area contributed by atoms with Gasteiger partial charge in [-0.2, -0.15) is 0 Å². The molecule has 2 aromatic carbocycles. The normalized spacial score (nSPS) is 13.0. The quantitative estimate of drug-likeness (QED) is 0.490. The Morgan fingerprint density at radius 1 is 0.840 bits per heavy atom. The largest absolute Gasteiger partial charge is 0.469 e. The molecular formula is C20H14N2O2S. The van der Waals surface area contributed by atoms with Crippen molar-refractivity contribution in [3.63, 3.8) is 0 Å². The van der Waals surface area contributed by atoms with Crippen LogP contribution in [0.2, 0.25) is 0 Å². The molecule has 122 valence electrons. The zero-order valence-corrected chi connectivity index (χ0v) is 14.3. The van der Waals surface area contributed by atoms with Crippen LogP contribution in [0.1, 0.15) is 22.1 Å². The molecular weight excluding hydrogens is 332 g/mol. The van der Waals surface area contributed by atoms with Crippen molar-refractivity contribution < 1.29 is 8.83 Å². The minimum absolute atomic E-state index is 0.158. The molecule has 4 aromatic rings. The van der Waals surface area contributed by atoms with Crippen LogP contribution in [0.15, 0.2) is 74.9 Å². The molecule has 0 fully saturated rings. The van der Waals surface area contributed by atoms with Gasteiger partial charge < -0.3 is 8.83 Å². The maximum atomic E-state index is 5.88. The smallest absolute Gasteiger partial charge is 0.277 e. The van der Waals surface area contributed by atoms with Gasteiger partial charge in [-0.3, -0.25) is 0 Å². The summed E-state index contributed by atoms with van der Waals surface area (Å²) in [5.41, 5.74) is 5.97. The van der Waals surface area contributed by atoms with Crippen LogP contribution in [-0.4, -0.2) is 10.2 Å². The summed E-state index contributed by atoms with van der Waals surface area (Å²) in [6, 6.07) is 18.8. The fourth-order valence-corrected chi connectivity index (χ4v) is 4.39. The lowest BCUT2D eigenvalue weighted by atomic mass is 10.1. The van der Waals surface area contributed by atoms with Gasteiger partial charge in [0.2, 0.25) is 0 Å². The average molecular weight is 346 g/mol. The molecule has 0 spiro atoms. The van der Waals surface area contributed by atoms with Crippen LogP contribution in [0.25, 0.3) is 22.6 Å². The van der Waals surface area contributed by atoms with E-state index in [-0.39, 0.29) is 5.25 Å². The molecule has 4 nitrogen and oxygen atoms in total. The van der Waals surface area contributed by atoms with Crippen molar-refractivity contribution in [2.24, 2.45) is 0 Å². The number of thioether (sulfide) groups is 1. The van der Waals surface area contributed by atoms with Gasteiger partial charge in [-0.25, -0.2) is 0 Å². The fourth-order valence-electron chi connectivity index (χ4n) is 3.31. The Hall–Kier alpha value is -2.79. The second kappa shape index (κ2) is 5.63. The van der Waals surface area contributed by atoms with Crippen molar-refractivity contribution in [1.29, 1.82) is 0 Å².